The van der Waals surface area contributed by atoms with Gasteiger partial charge in [-0.1, -0.05) is 56.3 Å². The van der Waals surface area contributed by atoms with E-state index in [1.54, 1.807) is 24.5 Å². The van der Waals surface area contributed by atoms with Gasteiger partial charge >= 0.3 is 0 Å². The quantitative estimate of drug-likeness (QED) is 0.648. The highest BCUT2D eigenvalue weighted by Gasteiger charge is 2.23. The molecule has 2 aromatic carbocycles. The van der Waals surface area contributed by atoms with E-state index in [1.807, 2.05) is 54.6 Å². The van der Waals surface area contributed by atoms with Crippen molar-refractivity contribution < 1.29 is 8.42 Å². The summed E-state index contributed by atoms with van der Waals surface area (Å²) in [7, 11) is -3.68. The Morgan fingerprint density at radius 2 is 1.44 bits per heavy atom. The summed E-state index contributed by atoms with van der Waals surface area (Å²) in [6.07, 6.45) is 4.35. The molecule has 0 amide bonds. The molecule has 1 aromatic heterocycles. The van der Waals surface area contributed by atoms with Crippen molar-refractivity contribution in [2.45, 2.75) is 37.1 Å². The van der Waals surface area contributed by atoms with Gasteiger partial charge in [-0.3, -0.25) is 4.98 Å². The molecule has 27 heavy (non-hydrogen) atoms. The van der Waals surface area contributed by atoms with E-state index < -0.39 is 16.1 Å². The lowest BCUT2D eigenvalue weighted by molar-refractivity contribution is 0.572. The van der Waals surface area contributed by atoms with E-state index in [0.29, 0.717) is 5.92 Å². The monoisotopic (exact) mass is 380 g/mol. The second-order valence-electron chi connectivity index (χ2n) is 6.62. The van der Waals surface area contributed by atoms with Crippen LogP contribution in [0.25, 0.3) is 0 Å². The average molecular weight is 381 g/mol. The van der Waals surface area contributed by atoms with Crippen molar-refractivity contribution in [1.82, 2.24) is 9.71 Å². The maximum atomic E-state index is 13.0. The number of hydrogen-bond acceptors (Lipinski definition) is 3. The highest BCUT2D eigenvalue weighted by atomic mass is 32.2. The normalized spacial score (nSPS) is 13.9. The number of pyridine rings is 1. The maximum absolute atomic E-state index is 13.0. The molecule has 5 heteroatoms. The van der Waals surface area contributed by atoms with Crippen LogP contribution in [0.1, 0.15) is 48.9 Å². The molecule has 3 rings (SSSR count). The Morgan fingerprint density at radius 1 is 0.852 bits per heavy atom. The molecule has 2 unspecified atom stereocenters. The van der Waals surface area contributed by atoms with Gasteiger partial charge in [0.1, 0.15) is 0 Å². The van der Waals surface area contributed by atoms with Gasteiger partial charge in [0.05, 0.1) is 10.9 Å². The first-order valence-corrected chi connectivity index (χ1v) is 10.6. The van der Waals surface area contributed by atoms with Crippen molar-refractivity contribution in [3.63, 3.8) is 0 Å². The largest absolute Gasteiger partial charge is 0.265 e. The van der Waals surface area contributed by atoms with E-state index in [4.69, 9.17) is 0 Å². The third-order valence-corrected chi connectivity index (χ3v) is 6.26. The summed E-state index contributed by atoms with van der Waals surface area (Å²) in [5.41, 5.74) is 2.87. The highest BCUT2D eigenvalue weighted by molar-refractivity contribution is 7.89. The van der Waals surface area contributed by atoms with E-state index in [0.717, 1.165) is 23.1 Å². The molecule has 0 spiro atoms. The van der Waals surface area contributed by atoms with Crippen molar-refractivity contribution in [1.29, 1.82) is 0 Å². The molecule has 1 heterocycles. The summed E-state index contributed by atoms with van der Waals surface area (Å²) in [5.74, 6) is 0.406. The Balaban J connectivity index is 1.93. The molecular formula is C22H24N2O2S. The molecule has 1 N–H and O–H groups in total. The van der Waals surface area contributed by atoms with Gasteiger partial charge in [0.15, 0.2) is 0 Å². The molecule has 0 aliphatic rings. The minimum absolute atomic E-state index is 0.268. The van der Waals surface area contributed by atoms with Crippen LogP contribution >= 0.6 is 0 Å². The van der Waals surface area contributed by atoms with Gasteiger partial charge in [0.2, 0.25) is 10.0 Å². The van der Waals surface area contributed by atoms with Crippen LogP contribution in [0.5, 0.6) is 0 Å². The van der Waals surface area contributed by atoms with E-state index in [2.05, 4.69) is 23.6 Å². The fourth-order valence-corrected chi connectivity index (χ4v) is 4.18. The summed E-state index contributed by atoms with van der Waals surface area (Å²) >= 11 is 0. The Kier molecular flexibility index (Phi) is 6.04. The van der Waals surface area contributed by atoms with Crippen LogP contribution in [0.4, 0.5) is 0 Å². The Labute approximate surface area is 161 Å². The molecule has 0 bridgehead atoms. The lowest BCUT2D eigenvalue weighted by Gasteiger charge is -2.20. The Morgan fingerprint density at radius 3 is 2.04 bits per heavy atom. The third-order valence-electron chi connectivity index (χ3n) is 4.82. The standard InChI is InChI=1S/C22H24N2O2S/c1-3-17(2)18-9-11-21(12-10-18)27(25,26)24-22(19-7-5-4-6-8-19)20-13-15-23-16-14-20/h4-17,22,24H,3H2,1-2H3. The molecule has 3 aromatic rings. The van der Waals surface area contributed by atoms with Crippen LogP contribution in [0.3, 0.4) is 0 Å². The second-order valence-corrected chi connectivity index (χ2v) is 8.34. The Hall–Kier alpha value is -2.50. The topological polar surface area (TPSA) is 59.1 Å². The molecule has 140 valence electrons. The van der Waals surface area contributed by atoms with Crippen LogP contribution < -0.4 is 4.72 Å². The average Bonchev–Trinajstić information content (AvgIpc) is 2.73. The number of hydrogen-bond donors (Lipinski definition) is 1. The fraction of sp³-hybridized carbons (Fsp3) is 0.227. The highest BCUT2D eigenvalue weighted by Crippen LogP contribution is 2.25. The van der Waals surface area contributed by atoms with Gasteiger partial charge in [-0.15, -0.1) is 0 Å². The number of rotatable bonds is 7. The maximum Gasteiger partial charge on any atom is 0.241 e. The number of sulfonamides is 1. The smallest absolute Gasteiger partial charge is 0.241 e. The van der Waals surface area contributed by atoms with Crippen LogP contribution in [-0.4, -0.2) is 13.4 Å². The van der Waals surface area contributed by atoms with Crippen LogP contribution in [-0.2, 0) is 10.0 Å². The zero-order valence-corrected chi connectivity index (χ0v) is 16.4. The predicted molar refractivity (Wildman–Crippen MR) is 108 cm³/mol. The zero-order valence-electron chi connectivity index (χ0n) is 15.5. The van der Waals surface area contributed by atoms with Gasteiger partial charge in [-0.25, -0.2) is 8.42 Å². The molecule has 0 radical (unpaired) electrons. The summed E-state index contributed by atoms with van der Waals surface area (Å²) in [5, 5.41) is 0. The van der Waals surface area contributed by atoms with Gasteiger partial charge < -0.3 is 0 Å². The molecule has 0 aliphatic carbocycles. The Bertz CT molecular complexity index is 917. The molecule has 2 atom stereocenters. The van der Waals surface area contributed by atoms with Crippen molar-refractivity contribution in [2.75, 3.05) is 0 Å². The number of nitrogens with one attached hydrogen (secondary N) is 1. The fourth-order valence-electron chi connectivity index (χ4n) is 2.96. The first kappa shape index (κ1) is 19.3. The molecule has 0 fully saturated rings. The summed E-state index contributed by atoms with van der Waals surface area (Å²) < 4.78 is 28.9. The van der Waals surface area contributed by atoms with E-state index in [1.165, 1.54) is 0 Å². The number of benzene rings is 2. The SMILES string of the molecule is CCC(C)c1ccc(S(=O)(=O)NC(c2ccccc2)c2ccncc2)cc1. The van der Waals surface area contributed by atoms with Crippen molar-refractivity contribution >= 4 is 10.0 Å². The van der Waals surface area contributed by atoms with Crippen molar-refractivity contribution in [2.24, 2.45) is 0 Å². The zero-order chi connectivity index (χ0) is 19.3. The van der Waals surface area contributed by atoms with E-state index in [9.17, 15) is 8.42 Å². The van der Waals surface area contributed by atoms with Gasteiger partial charge in [0.25, 0.3) is 0 Å². The molecule has 0 saturated heterocycles. The van der Waals surface area contributed by atoms with Gasteiger partial charge in [-0.05, 0) is 53.3 Å². The molecule has 0 saturated carbocycles. The third kappa shape index (κ3) is 4.62. The minimum Gasteiger partial charge on any atom is -0.265 e. The van der Waals surface area contributed by atoms with Crippen LogP contribution in [0.15, 0.2) is 84.0 Å². The number of aromatic nitrogens is 1. The van der Waals surface area contributed by atoms with Crippen LogP contribution in [0, 0.1) is 0 Å². The molecule has 0 aliphatic heterocycles. The van der Waals surface area contributed by atoms with Gasteiger partial charge in [0, 0.05) is 12.4 Å². The molecular weight excluding hydrogens is 356 g/mol. The first-order valence-electron chi connectivity index (χ1n) is 9.08. The summed E-state index contributed by atoms with van der Waals surface area (Å²) in [6.45, 7) is 4.26. The van der Waals surface area contributed by atoms with Crippen molar-refractivity contribution in [3.05, 3.63) is 95.8 Å². The minimum atomic E-state index is -3.68. The van der Waals surface area contributed by atoms with Gasteiger partial charge in [-0.2, -0.15) is 4.72 Å². The summed E-state index contributed by atoms with van der Waals surface area (Å²) in [6, 6.07) is 19.9. The summed E-state index contributed by atoms with van der Waals surface area (Å²) in [4.78, 5) is 4.30. The first-order chi connectivity index (χ1) is 13.0. The molecule has 4 nitrogen and oxygen atoms in total. The van der Waals surface area contributed by atoms with E-state index >= 15 is 0 Å². The van der Waals surface area contributed by atoms with Crippen molar-refractivity contribution in [3.8, 4) is 0 Å². The van der Waals surface area contributed by atoms with E-state index in [-0.39, 0.29) is 4.90 Å². The number of nitrogens with zero attached hydrogens (tertiary/aromatic N) is 1. The lowest BCUT2D eigenvalue weighted by atomic mass is 9.99. The lowest BCUT2D eigenvalue weighted by Crippen LogP contribution is -2.29. The van der Waals surface area contributed by atoms with Crippen LogP contribution in [0.2, 0.25) is 0 Å². The second kappa shape index (κ2) is 8.46. The predicted octanol–water partition coefficient (Wildman–Crippen LogP) is 4.66.